The molecule has 11 heteroatoms. The Balaban J connectivity index is 2.00. The summed E-state index contributed by atoms with van der Waals surface area (Å²) in [6.45, 7) is 0.296. The Bertz CT molecular complexity index is 1250. The third-order valence-corrected chi connectivity index (χ3v) is 7.63. The molecule has 1 aromatic rings. The molecule has 0 aromatic heterocycles. The number of phenols is 1. The number of benzene rings is 1. The van der Waals surface area contributed by atoms with Crippen LogP contribution < -0.4 is 16.0 Å². The lowest BCUT2D eigenvalue weighted by atomic mass is 9.57. The molecule has 0 unspecified atom stereocenters. The molecule has 1 aromatic carbocycles. The zero-order valence-electron chi connectivity index (χ0n) is 20.9. The minimum absolute atomic E-state index is 0.0532. The van der Waals surface area contributed by atoms with Gasteiger partial charge in [-0.2, -0.15) is 0 Å². The first-order valence-electron chi connectivity index (χ1n) is 11.6. The number of hydrogen-bond donors (Lipinski definition) is 6. The van der Waals surface area contributed by atoms with Crippen LogP contribution in [0.1, 0.15) is 23.1 Å². The van der Waals surface area contributed by atoms with Gasteiger partial charge in [0.2, 0.25) is 5.78 Å². The topological polar surface area (TPSA) is 177 Å². The Kier molecular flexibility index (Phi) is 6.14. The van der Waals surface area contributed by atoms with Gasteiger partial charge in [-0.05, 0) is 51.5 Å². The maximum Gasteiger partial charge on any atom is 0.255 e. The highest BCUT2D eigenvalue weighted by molar-refractivity contribution is 6.24. The van der Waals surface area contributed by atoms with Crippen molar-refractivity contribution < 1.29 is 34.8 Å². The summed E-state index contributed by atoms with van der Waals surface area (Å²) in [5.41, 5.74) is 3.67. The Hall–Kier alpha value is -3.41. The molecule has 4 rings (SSSR count). The second-order valence-electron chi connectivity index (χ2n) is 10.1. The number of rotatable bonds is 5. The number of aliphatic hydroxyl groups is 3. The average Bonchev–Trinajstić information content (AvgIpc) is 2.77. The summed E-state index contributed by atoms with van der Waals surface area (Å²) < 4.78 is 0. The first-order chi connectivity index (χ1) is 16.8. The van der Waals surface area contributed by atoms with Crippen LogP contribution >= 0.6 is 0 Å². The Morgan fingerprint density at radius 1 is 1.19 bits per heavy atom. The highest BCUT2D eigenvalue weighted by atomic mass is 16.3. The van der Waals surface area contributed by atoms with E-state index in [4.69, 9.17) is 5.73 Å². The summed E-state index contributed by atoms with van der Waals surface area (Å²) in [6.07, 6.45) is 0.299. The molecule has 0 radical (unpaired) electrons. The second-order valence-corrected chi connectivity index (χ2v) is 10.1. The summed E-state index contributed by atoms with van der Waals surface area (Å²) in [4.78, 5) is 42.4. The Morgan fingerprint density at radius 2 is 1.83 bits per heavy atom. The highest BCUT2D eigenvalue weighted by Crippen LogP contribution is 2.54. The fourth-order valence-electron chi connectivity index (χ4n) is 6.07. The number of carbonyl (C=O) groups excluding carboxylic acids is 3. The minimum atomic E-state index is -2.65. The van der Waals surface area contributed by atoms with Crippen LogP contribution in [0, 0.1) is 11.8 Å². The van der Waals surface area contributed by atoms with Crippen molar-refractivity contribution in [1.29, 1.82) is 0 Å². The van der Waals surface area contributed by atoms with E-state index in [0.29, 0.717) is 17.7 Å². The zero-order valence-corrected chi connectivity index (χ0v) is 20.9. The number of nitrogens with zero attached hydrogens (tertiary/aromatic N) is 2. The molecule has 3 aliphatic rings. The van der Waals surface area contributed by atoms with E-state index in [1.807, 2.05) is 25.1 Å². The number of phenolic OH excluding ortho intramolecular Hbond substituents is 1. The molecule has 1 amide bonds. The van der Waals surface area contributed by atoms with E-state index in [9.17, 15) is 34.8 Å². The van der Waals surface area contributed by atoms with Gasteiger partial charge in [-0.25, -0.2) is 0 Å². The molecule has 1 saturated carbocycles. The molecule has 1 fully saturated rings. The number of carbonyl (C=O) groups is 3. The van der Waals surface area contributed by atoms with Crippen LogP contribution in [-0.4, -0.2) is 89.7 Å². The maximum atomic E-state index is 13.9. The maximum absolute atomic E-state index is 13.9. The molecule has 36 heavy (non-hydrogen) atoms. The van der Waals surface area contributed by atoms with Gasteiger partial charge in [0.25, 0.3) is 5.91 Å². The number of aromatic hydroxyl groups is 1. The number of anilines is 1. The molecule has 0 aliphatic heterocycles. The van der Waals surface area contributed by atoms with Gasteiger partial charge < -0.3 is 36.4 Å². The number of primary amides is 1. The average molecular weight is 501 g/mol. The van der Waals surface area contributed by atoms with E-state index >= 15 is 0 Å². The monoisotopic (exact) mass is 500 g/mol. The van der Waals surface area contributed by atoms with Crippen molar-refractivity contribution in [3.8, 4) is 5.75 Å². The van der Waals surface area contributed by atoms with Gasteiger partial charge >= 0.3 is 0 Å². The number of ketones is 2. The fraction of sp³-hybridized carbons (Fsp3) is 0.480. The summed E-state index contributed by atoms with van der Waals surface area (Å²) in [6, 6.07) is 0.701. The van der Waals surface area contributed by atoms with Crippen LogP contribution in [0.3, 0.4) is 0 Å². The van der Waals surface area contributed by atoms with E-state index in [-0.39, 0.29) is 29.7 Å². The largest absolute Gasteiger partial charge is 0.508 e. The number of amides is 1. The second kappa shape index (κ2) is 8.61. The van der Waals surface area contributed by atoms with Gasteiger partial charge in [-0.15, -0.1) is 0 Å². The van der Waals surface area contributed by atoms with Crippen molar-refractivity contribution in [2.45, 2.75) is 31.0 Å². The minimum Gasteiger partial charge on any atom is -0.508 e. The van der Waals surface area contributed by atoms with Gasteiger partial charge in [0.05, 0.1) is 11.6 Å². The quantitative estimate of drug-likeness (QED) is 0.296. The number of Topliss-reactive ketones (excluding diaryl/α,β-unsaturated/α-hetero) is 2. The van der Waals surface area contributed by atoms with E-state index in [1.54, 1.807) is 21.1 Å². The third kappa shape index (κ3) is 3.34. The molecule has 7 N–H and O–H groups in total. The number of nitrogens with one attached hydrogen (secondary N) is 1. The lowest BCUT2D eigenvalue weighted by molar-refractivity contribution is -0.153. The van der Waals surface area contributed by atoms with Gasteiger partial charge in [0, 0.05) is 43.4 Å². The molecule has 11 nitrogen and oxygen atoms in total. The predicted molar refractivity (Wildman–Crippen MR) is 131 cm³/mol. The molecule has 4 atom stereocenters. The van der Waals surface area contributed by atoms with Gasteiger partial charge in [-0.3, -0.25) is 19.3 Å². The van der Waals surface area contributed by atoms with Crippen LogP contribution in [0.15, 0.2) is 23.0 Å². The SMILES string of the molecule is CNCc1cc(N(C)C)c2c(c1O)C(O)=C1C(=O)[C@]3(O)C(O)=C(C(N)=O)C(=O)[C@@H](N(C)C)[C@@H]3C[C@@H]1C2. The number of fused-ring (bicyclic) bond motifs is 3. The summed E-state index contributed by atoms with van der Waals surface area (Å²) >= 11 is 0. The lowest BCUT2D eigenvalue weighted by Crippen LogP contribution is -2.65. The zero-order chi connectivity index (χ0) is 26.9. The number of likely N-dealkylation sites (N-methyl/N-ethyl adjacent to an activating group) is 1. The molecule has 0 spiro atoms. The molecule has 0 saturated heterocycles. The van der Waals surface area contributed by atoms with Crippen molar-refractivity contribution in [2.24, 2.45) is 17.6 Å². The highest BCUT2D eigenvalue weighted by Gasteiger charge is 2.64. The molecule has 3 aliphatic carbocycles. The molecule has 0 bridgehead atoms. The molecular weight excluding hydrogens is 468 g/mol. The number of aliphatic hydroxyl groups excluding tert-OH is 2. The Labute approximate surface area is 208 Å². The molecule has 194 valence electrons. The molecule has 0 heterocycles. The first-order valence-corrected chi connectivity index (χ1v) is 11.6. The van der Waals surface area contributed by atoms with Crippen LogP contribution in [0.25, 0.3) is 5.76 Å². The van der Waals surface area contributed by atoms with E-state index in [0.717, 1.165) is 5.69 Å². The molecular formula is C25H32N4O7. The van der Waals surface area contributed by atoms with Gasteiger partial charge in [0.15, 0.2) is 11.4 Å². The van der Waals surface area contributed by atoms with Crippen LogP contribution in [0.5, 0.6) is 5.75 Å². The van der Waals surface area contributed by atoms with Gasteiger partial charge in [0.1, 0.15) is 22.8 Å². The summed E-state index contributed by atoms with van der Waals surface area (Å²) in [5.74, 6) is -6.55. The van der Waals surface area contributed by atoms with Crippen molar-refractivity contribution in [1.82, 2.24) is 10.2 Å². The van der Waals surface area contributed by atoms with Crippen molar-refractivity contribution in [3.05, 3.63) is 39.7 Å². The lowest BCUT2D eigenvalue weighted by Gasteiger charge is -2.50. The normalized spacial score (nSPS) is 27.7. The van der Waals surface area contributed by atoms with E-state index < -0.39 is 58.0 Å². The van der Waals surface area contributed by atoms with Crippen molar-refractivity contribution >= 4 is 28.9 Å². The van der Waals surface area contributed by atoms with E-state index in [2.05, 4.69) is 5.32 Å². The van der Waals surface area contributed by atoms with Crippen LogP contribution in [0.4, 0.5) is 5.69 Å². The third-order valence-electron chi connectivity index (χ3n) is 7.63. The summed E-state index contributed by atoms with van der Waals surface area (Å²) in [5, 5.41) is 47.9. The first kappa shape index (κ1) is 25.7. The summed E-state index contributed by atoms with van der Waals surface area (Å²) in [7, 11) is 8.50. The van der Waals surface area contributed by atoms with Crippen LogP contribution in [0.2, 0.25) is 0 Å². The number of nitrogens with two attached hydrogens (primary N) is 1. The van der Waals surface area contributed by atoms with E-state index in [1.165, 1.54) is 4.90 Å². The fourth-order valence-corrected chi connectivity index (χ4v) is 6.07. The number of hydrogen-bond acceptors (Lipinski definition) is 10. The predicted octanol–water partition coefficient (Wildman–Crippen LogP) is -0.251. The van der Waals surface area contributed by atoms with Crippen molar-refractivity contribution in [3.63, 3.8) is 0 Å². The smallest absolute Gasteiger partial charge is 0.255 e. The standard InChI is InChI=1S/C25H32N4O7/c1-27-9-11-8-14(28(2)3)12-6-10-7-13-18(29(4)5)21(32)17(24(26)35)23(34)25(13,36)22(33)15(10)20(31)16(12)19(11)30/h8,10,13,18,27,30-31,34,36H,6-7,9H2,1-5H3,(H2,26,35)/t10-,13-,18-,25-/m0/s1. The Morgan fingerprint density at radius 3 is 2.36 bits per heavy atom. The van der Waals surface area contributed by atoms with Gasteiger partial charge in [-0.1, -0.05) is 0 Å². The van der Waals surface area contributed by atoms with Crippen LogP contribution in [-0.2, 0) is 27.3 Å². The van der Waals surface area contributed by atoms with Crippen molar-refractivity contribution in [2.75, 3.05) is 40.1 Å².